The summed E-state index contributed by atoms with van der Waals surface area (Å²) in [6.45, 7) is 1.79. The summed E-state index contributed by atoms with van der Waals surface area (Å²) in [5.41, 5.74) is 0.805. The first kappa shape index (κ1) is 17.5. The molecular formula is C19H23N5O3. The first-order valence-corrected chi connectivity index (χ1v) is 9.24. The molecule has 142 valence electrons. The molecule has 1 aromatic carbocycles. The number of piperidine rings is 1. The molecule has 2 aromatic rings. The molecule has 27 heavy (non-hydrogen) atoms. The Bertz CT molecular complexity index is 797. The van der Waals surface area contributed by atoms with Crippen molar-refractivity contribution in [3.05, 3.63) is 36.7 Å². The van der Waals surface area contributed by atoms with E-state index in [1.807, 2.05) is 29.2 Å². The van der Waals surface area contributed by atoms with Gasteiger partial charge in [-0.15, -0.1) is 0 Å². The Kier molecular flexibility index (Phi) is 4.79. The summed E-state index contributed by atoms with van der Waals surface area (Å²) in [6, 6.07) is 7.60. The van der Waals surface area contributed by atoms with Crippen LogP contribution in [0.25, 0.3) is 0 Å². The summed E-state index contributed by atoms with van der Waals surface area (Å²) in [5.74, 6) is 0.534. The van der Waals surface area contributed by atoms with E-state index in [1.165, 1.54) is 0 Å². The van der Waals surface area contributed by atoms with E-state index in [0.29, 0.717) is 19.6 Å². The number of nitrogens with zero attached hydrogens (tertiary/aromatic N) is 5. The van der Waals surface area contributed by atoms with Gasteiger partial charge in [-0.1, -0.05) is 0 Å². The van der Waals surface area contributed by atoms with Crippen LogP contribution in [-0.2, 0) is 9.59 Å². The number of rotatable bonds is 4. The molecule has 0 aliphatic carbocycles. The molecule has 8 heteroatoms. The zero-order chi connectivity index (χ0) is 18.8. The summed E-state index contributed by atoms with van der Waals surface area (Å²) >= 11 is 0. The molecule has 2 amide bonds. The number of hydrogen-bond donors (Lipinski definition) is 0. The van der Waals surface area contributed by atoms with Gasteiger partial charge in [-0.3, -0.25) is 9.59 Å². The van der Waals surface area contributed by atoms with Crippen molar-refractivity contribution in [1.29, 1.82) is 0 Å². The normalized spacial score (nSPS) is 20.9. The van der Waals surface area contributed by atoms with E-state index in [2.05, 4.69) is 10.2 Å². The van der Waals surface area contributed by atoms with Gasteiger partial charge in [0.2, 0.25) is 11.8 Å². The van der Waals surface area contributed by atoms with Crippen molar-refractivity contribution in [3.8, 4) is 5.75 Å². The molecule has 2 fully saturated rings. The Morgan fingerprint density at radius 3 is 2.41 bits per heavy atom. The number of anilines is 1. The largest absolute Gasteiger partial charge is 0.497 e. The molecule has 3 heterocycles. The van der Waals surface area contributed by atoms with Crippen LogP contribution in [0.1, 0.15) is 25.3 Å². The Balaban J connectivity index is 1.36. The second kappa shape index (κ2) is 7.38. The molecule has 8 nitrogen and oxygen atoms in total. The quantitative estimate of drug-likeness (QED) is 0.816. The smallest absolute Gasteiger partial charge is 0.228 e. The van der Waals surface area contributed by atoms with E-state index >= 15 is 0 Å². The fraction of sp³-hybridized carbons (Fsp3) is 0.474. The summed E-state index contributed by atoms with van der Waals surface area (Å²) in [5, 5.41) is 8.39. The van der Waals surface area contributed by atoms with Crippen LogP contribution in [0.15, 0.2) is 36.7 Å². The second-order valence-corrected chi connectivity index (χ2v) is 7.01. The van der Waals surface area contributed by atoms with Gasteiger partial charge < -0.3 is 14.5 Å². The topological polar surface area (TPSA) is 80.6 Å². The van der Waals surface area contributed by atoms with Gasteiger partial charge in [0.25, 0.3) is 0 Å². The summed E-state index contributed by atoms with van der Waals surface area (Å²) in [7, 11) is 1.61. The monoisotopic (exact) mass is 369 g/mol. The van der Waals surface area contributed by atoms with Crippen LogP contribution in [0, 0.1) is 5.92 Å². The van der Waals surface area contributed by atoms with E-state index in [9.17, 15) is 9.59 Å². The van der Waals surface area contributed by atoms with Crippen LogP contribution in [-0.4, -0.2) is 58.5 Å². The average molecular weight is 369 g/mol. The van der Waals surface area contributed by atoms with Gasteiger partial charge in [0.05, 0.1) is 31.5 Å². The number of carbonyl (C=O) groups excluding carboxylic acids is 2. The second-order valence-electron chi connectivity index (χ2n) is 7.01. The van der Waals surface area contributed by atoms with Gasteiger partial charge in [0, 0.05) is 31.7 Å². The first-order valence-electron chi connectivity index (χ1n) is 9.24. The molecule has 0 radical (unpaired) electrons. The van der Waals surface area contributed by atoms with Gasteiger partial charge in [-0.2, -0.15) is 15.0 Å². The zero-order valence-electron chi connectivity index (χ0n) is 15.3. The number of methoxy groups -OCH3 is 1. The lowest BCUT2D eigenvalue weighted by molar-refractivity contribution is -0.137. The number of hydrogen-bond acceptors (Lipinski definition) is 5. The predicted octanol–water partition coefficient (Wildman–Crippen LogP) is 1.50. The lowest BCUT2D eigenvalue weighted by Gasteiger charge is -2.33. The molecule has 1 unspecified atom stereocenters. The van der Waals surface area contributed by atoms with Crippen LogP contribution < -0.4 is 9.64 Å². The molecule has 0 N–H and O–H groups in total. The van der Waals surface area contributed by atoms with E-state index in [4.69, 9.17) is 4.74 Å². The Labute approximate surface area is 157 Å². The number of ether oxygens (including phenoxy) is 1. The van der Waals surface area contributed by atoms with Gasteiger partial charge >= 0.3 is 0 Å². The standard InChI is InChI=1S/C19H23N5O3/c1-27-17-4-2-15(3-5-17)23-13-14(12-18(23)25)19(26)22-10-6-16(7-11-22)24-20-8-9-21-24/h2-5,8-9,14,16H,6-7,10-13H2,1H3. The van der Waals surface area contributed by atoms with Crippen LogP contribution in [0.2, 0.25) is 0 Å². The summed E-state index contributed by atoms with van der Waals surface area (Å²) in [6.07, 6.45) is 5.29. The first-order chi connectivity index (χ1) is 13.2. The highest BCUT2D eigenvalue weighted by Crippen LogP contribution is 2.29. The van der Waals surface area contributed by atoms with Crippen molar-refractivity contribution in [2.45, 2.75) is 25.3 Å². The van der Waals surface area contributed by atoms with Crippen molar-refractivity contribution in [2.24, 2.45) is 5.92 Å². The van der Waals surface area contributed by atoms with Gasteiger partial charge in [0.15, 0.2) is 0 Å². The number of carbonyl (C=O) groups is 2. The number of benzene rings is 1. The average Bonchev–Trinajstić information content (AvgIpc) is 3.38. The van der Waals surface area contributed by atoms with Gasteiger partial charge in [-0.05, 0) is 37.1 Å². The van der Waals surface area contributed by atoms with Crippen LogP contribution >= 0.6 is 0 Å². The van der Waals surface area contributed by atoms with Crippen molar-refractivity contribution in [1.82, 2.24) is 19.9 Å². The number of aromatic nitrogens is 3. The minimum absolute atomic E-state index is 0.00542. The van der Waals surface area contributed by atoms with E-state index in [0.717, 1.165) is 24.3 Å². The lowest BCUT2D eigenvalue weighted by Crippen LogP contribution is -2.43. The maximum Gasteiger partial charge on any atom is 0.228 e. The highest BCUT2D eigenvalue weighted by atomic mass is 16.5. The summed E-state index contributed by atoms with van der Waals surface area (Å²) < 4.78 is 5.16. The van der Waals surface area contributed by atoms with Crippen LogP contribution in [0.3, 0.4) is 0 Å². The molecule has 1 atom stereocenters. The maximum absolute atomic E-state index is 12.9. The van der Waals surface area contributed by atoms with Crippen molar-refractivity contribution in [2.75, 3.05) is 31.6 Å². The Morgan fingerprint density at radius 2 is 1.78 bits per heavy atom. The summed E-state index contributed by atoms with van der Waals surface area (Å²) in [4.78, 5) is 30.7. The van der Waals surface area contributed by atoms with Crippen molar-refractivity contribution >= 4 is 17.5 Å². The third-order valence-electron chi connectivity index (χ3n) is 5.40. The van der Waals surface area contributed by atoms with Gasteiger partial charge in [0.1, 0.15) is 5.75 Å². The highest BCUT2D eigenvalue weighted by Gasteiger charge is 2.38. The maximum atomic E-state index is 12.9. The molecule has 2 aliphatic rings. The zero-order valence-corrected chi connectivity index (χ0v) is 15.3. The van der Waals surface area contributed by atoms with E-state index in [1.54, 1.807) is 29.2 Å². The SMILES string of the molecule is COc1ccc(N2CC(C(=O)N3CCC(n4nccn4)CC3)CC2=O)cc1. The minimum atomic E-state index is -0.279. The number of amides is 2. The van der Waals surface area contributed by atoms with Crippen LogP contribution in [0.5, 0.6) is 5.75 Å². The molecular weight excluding hydrogens is 346 g/mol. The van der Waals surface area contributed by atoms with Crippen LogP contribution in [0.4, 0.5) is 5.69 Å². The third kappa shape index (κ3) is 3.51. The number of likely N-dealkylation sites (tertiary alicyclic amines) is 1. The molecule has 4 rings (SSSR count). The minimum Gasteiger partial charge on any atom is -0.497 e. The lowest BCUT2D eigenvalue weighted by atomic mass is 10.0. The third-order valence-corrected chi connectivity index (χ3v) is 5.40. The molecule has 0 bridgehead atoms. The van der Waals surface area contributed by atoms with Gasteiger partial charge in [-0.25, -0.2) is 0 Å². The predicted molar refractivity (Wildman–Crippen MR) is 98.3 cm³/mol. The van der Waals surface area contributed by atoms with Crippen molar-refractivity contribution in [3.63, 3.8) is 0 Å². The molecule has 0 saturated carbocycles. The molecule has 2 aliphatic heterocycles. The molecule has 0 spiro atoms. The Morgan fingerprint density at radius 1 is 1.11 bits per heavy atom. The van der Waals surface area contributed by atoms with E-state index in [-0.39, 0.29) is 30.2 Å². The van der Waals surface area contributed by atoms with Crippen molar-refractivity contribution < 1.29 is 14.3 Å². The molecule has 1 aromatic heterocycles. The fourth-order valence-corrected chi connectivity index (χ4v) is 3.87. The van der Waals surface area contributed by atoms with E-state index < -0.39 is 0 Å². The Hall–Kier alpha value is -2.90. The fourth-order valence-electron chi connectivity index (χ4n) is 3.87. The highest BCUT2D eigenvalue weighted by molar-refractivity contribution is 6.00. The molecule has 2 saturated heterocycles.